The molecular weight excluding hydrogens is 337 g/mol. The van der Waals surface area contributed by atoms with E-state index in [1.54, 1.807) is 0 Å². The van der Waals surface area contributed by atoms with Gasteiger partial charge in [-0.25, -0.2) is 4.39 Å². The molecule has 1 unspecified atom stereocenters. The largest absolute Gasteiger partial charge is 0.366 e. The van der Waals surface area contributed by atoms with Gasteiger partial charge in [0, 0.05) is 24.8 Å². The van der Waals surface area contributed by atoms with Crippen LogP contribution >= 0.6 is 12.4 Å². The zero-order valence-electron chi connectivity index (χ0n) is 13.8. The van der Waals surface area contributed by atoms with Crippen molar-refractivity contribution >= 4 is 29.9 Å². The Balaban J connectivity index is 0.00000288. The molecule has 0 aliphatic carbocycles. The zero-order valence-corrected chi connectivity index (χ0v) is 14.6. The molecule has 2 amide bonds. The lowest BCUT2D eigenvalue weighted by atomic mass is 10.2. The van der Waals surface area contributed by atoms with Gasteiger partial charge in [0.25, 0.3) is 5.91 Å². The summed E-state index contributed by atoms with van der Waals surface area (Å²) in [6.45, 7) is 5.26. The minimum absolute atomic E-state index is 0. The number of carbonyl (C=O) groups excluding carboxylic acids is 2. The van der Waals surface area contributed by atoms with E-state index in [1.807, 2.05) is 13.8 Å². The van der Waals surface area contributed by atoms with Gasteiger partial charge < -0.3 is 20.3 Å². The van der Waals surface area contributed by atoms with Gasteiger partial charge >= 0.3 is 0 Å². The fourth-order valence-electron chi connectivity index (χ4n) is 2.31. The summed E-state index contributed by atoms with van der Waals surface area (Å²) in [6.07, 6.45) is -0.565. The highest BCUT2D eigenvalue weighted by atomic mass is 35.5. The average molecular weight is 360 g/mol. The van der Waals surface area contributed by atoms with Gasteiger partial charge in [-0.15, -0.1) is 12.4 Å². The quantitative estimate of drug-likeness (QED) is 0.834. The Kier molecular flexibility index (Phi) is 8.10. The van der Waals surface area contributed by atoms with Gasteiger partial charge in [0.2, 0.25) is 5.91 Å². The van der Waals surface area contributed by atoms with E-state index in [2.05, 4.69) is 10.6 Å². The van der Waals surface area contributed by atoms with E-state index in [1.165, 1.54) is 29.2 Å². The van der Waals surface area contributed by atoms with E-state index in [4.69, 9.17) is 4.74 Å². The normalized spacial score (nSPS) is 17.1. The maximum Gasteiger partial charge on any atom is 0.253 e. The average Bonchev–Trinajstić information content (AvgIpc) is 2.55. The van der Waals surface area contributed by atoms with Crippen LogP contribution in [0.25, 0.3) is 0 Å². The van der Waals surface area contributed by atoms with Crippen molar-refractivity contribution < 1.29 is 18.7 Å². The minimum atomic E-state index is -0.565. The van der Waals surface area contributed by atoms with E-state index in [-0.39, 0.29) is 42.6 Å². The van der Waals surface area contributed by atoms with Crippen LogP contribution in [-0.4, -0.2) is 55.1 Å². The number of nitrogens with zero attached hydrogens (tertiary/aromatic N) is 1. The Labute approximate surface area is 147 Å². The Morgan fingerprint density at radius 1 is 1.38 bits per heavy atom. The lowest BCUT2D eigenvalue weighted by molar-refractivity contribution is -0.148. The lowest BCUT2D eigenvalue weighted by Crippen LogP contribution is -2.53. The highest BCUT2D eigenvalue weighted by Gasteiger charge is 2.29. The Morgan fingerprint density at radius 2 is 2.04 bits per heavy atom. The van der Waals surface area contributed by atoms with Crippen LogP contribution in [0.15, 0.2) is 24.3 Å². The van der Waals surface area contributed by atoms with Crippen LogP contribution < -0.4 is 10.6 Å². The molecule has 8 heteroatoms. The number of carbonyl (C=O) groups is 2. The fourth-order valence-corrected chi connectivity index (χ4v) is 2.31. The van der Waals surface area contributed by atoms with Crippen molar-refractivity contribution in [2.45, 2.75) is 26.0 Å². The standard InChI is InChI=1S/C16H22FN3O3.ClH/c1-11(2)20(16(22)14-9-18-7-8-23-14)10-15(21)19-13-5-3-12(17)4-6-13;/h3-6,11,14,18H,7-10H2,1-2H3,(H,19,21);1H. The highest BCUT2D eigenvalue weighted by molar-refractivity contribution is 5.95. The monoisotopic (exact) mass is 359 g/mol. The van der Waals surface area contributed by atoms with Crippen molar-refractivity contribution in [3.8, 4) is 0 Å². The van der Waals surface area contributed by atoms with Crippen LogP contribution in [0, 0.1) is 5.82 Å². The van der Waals surface area contributed by atoms with Gasteiger partial charge in [-0.1, -0.05) is 0 Å². The molecule has 134 valence electrons. The van der Waals surface area contributed by atoms with Crippen LogP contribution in [0.5, 0.6) is 0 Å². The first-order valence-electron chi connectivity index (χ1n) is 7.65. The molecule has 1 atom stereocenters. The number of nitrogens with one attached hydrogen (secondary N) is 2. The molecule has 2 N–H and O–H groups in total. The molecule has 1 saturated heterocycles. The number of anilines is 1. The second-order valence-corrected chi connectivity index (χ2v) is 5.68. The van der Waals surface area contributed by atoms with Gasteiger partial charge in [0.05, 0.1) is 6.61 Å². The summed E-state index contributed by atoms with van der Waals surface area (Å²) < 4.78 is 18.3. The zero-order chi connectivity index (χ0) is 16.8. The fraction of sp³-hybridized carbons (Fsp3) is 0.500. The van der Waals surface area contributed by atoms with Crippen molar-refractivity contribution in [2.75, 3.05) is 31.6 Å². The molecule has 0 saturated carbocycles. The summed E-state index contributed by atoms with van der Waals surface area (Å²) in [5.74, 6) is -0.909. The molecule has 1 aromatic rings. The van der Waals surface area contributed by atoms with Crippen molar-refractivity contribution in [1.29, 1.82) is 0 Å². The number of amides is 2. The van der Waals surface area contributed by atoms with Crippen LogP contribution in [-0.2, 0) is 14.3 Å². The molecule has 1 heterocycles. The van der Waals surface area contributed by atoms with Crippen LogP contribution in [0.3, 0.4) is 0 Å². The van der Waals surface area contributed by atoms with E-state index in [9.17, 15) is 14.0 Å². The number of ether oxygens (including phenoxy) is 1. The Morgan fingerprint density at radius 3 is 2.58 bits per heavy atom. The summed E-state index contributed by atoms with van der Waals surface area (Å²) in [5.41, 5.74) is 0.489. The minimum Gasteiger partial charge on any atom is -0.366 e. The third-order valence-electron chi connectivity index (χ3n) is 3.55. The molecule has 1 aliphatic heterocycles. The van der Waals surface area contributed by atoms with E-state index < -0.39 is 6.10 Å². The number of hydrogen-bond donors (Lipinski definition) is 2. The molecule has 0 spiro atoms. The highest BCUT2D eigenvalue weighted by Crippen LogP contribution is 2.10. The molecular formula is C16H23ClFN3O3. The summed E-state index contributed by atoms with van der Waals surface area (Å²) >= 11 is 0. The van der Waals surface area contributed by atoms with Gasteiger partial charge in [0.15, 0.2) is 0 Å². The number of morpholine rings is 1. The van der Waals surface area contributed by atoms with E-state index in [0.717, 1.165) is 6.54 Å². The van der Waals surface area contributed by atoms with Crippen molar-refractivity contribution in [3.63, 3.8) is 0 Å². The number of hydrogen-bond acceptors (Lipinski definition) is 4. The molecule has 0 radical (unpaired) electrons. The number of benzene rings is 1. The summed E-state index contributed by atoms with van der Waals surface area (Å²) in [4.78, 5) is 26.1. The van der Waals surface area contributed by atoms with Crippen LogP contribution in [0.2, 0.25) is 0 Å². The van der Waals surface area contributed by atoms with Gasteiger partial charge in [0.1, 0.15) is 18.5 Å². The van der Waals surface area contributed by atoms with Crippen LogP contribution in [0.1, 0.15) is 13.8 Å². The molecule has 6 nitrogen and oxygen atoms in total. The Bertz CT molecular complexity index is 548. The lowest BCUT2D eigenvalue weighted by Gasteiger charge is -2.32. The molecule has 24 heavy (non-hydrogen) atoms. The van der Waals surface area contributed by atoms with E-state index in [0.29, 0.717) is 18.8 Å². The number of halogens is 2. The second kappa shape index (κ2) is 9.56. The predicted molar refractivity (Wildman–Crippen MR) is 91.7 cm³/mol. The second-order valence-electron chi connectivity index (χ2n) is 5.68. The molecule has 0 bridgehead atoms. The Hall–Kier alpha value is -1.70. The molecule has 2 rings (SSSR count). The molecule has 0 aromatic heterocycles. The maximum absolute atomic E-state index is 12.9. The third-order valence-corrected chi connectivity index (χ3v) is 3.55. The number of rotatable bonds is 5. The third kappa shape index (κ3) is 5.74. The van der Waals surface area contributed by atoms with E-state index >= 15 is 0 Å². The van der Waals surface area contributed by atoms with Crippen molar-refractivity contribution in [3.05, 3.63) is 30.1 Å². The first-order chi connectivity index (χ1) is 11.0. The smallest absolute Gasteiger partial charge is 0.253 e. The first kappa shape index (κ1) is 20.3. The summed E-state index contributed by atoms with van der Waals surface area (Å²) in [5, 5.41) is 5.76. The van der Waals surface area contributed by atoms with Gasteiger partial charge in [-0.2, -0.15) is 0 Å². The van der Waals surface area contributed by atoms with Crippen molar-refractivity contribution in [2.24, 2.45) is 0 Å². The van der Waals surface area contributed by atoms with Gasteiger partial charge in [-0.05, 0) is 38.1 Å². The molecule has 1 fully saturated rings. The summed E-state index contributed by atoms with van der Waals surface area (Å²) in [6, 6.07) is 5.35. The SMILES string of the molecule is CC(C)N(CC(=O)Nc1ccc(F)cc1)C(=O)C1CNCCO1.Cl. The topological polar surface area (TPSA) is 70.7 Å². The summed E-state index contributed by atoms with van der Waals surface area (Å²) in [7, 11) is 0. The maximum atomic E-state index is 12.9. The first-order valence-corrected chi connectivity index (χ1v) is 7.65. The van der Waals surface area contributed by atoms with Gasteiger partial charge in [-0.3, -0.25) is 9.59 Å². The van der Waals surface area contributed by atoms with Crippen LogP contribution in [0.4, 0.5) is 10.1 Å². The predicted octanol–water partition coefficient (Wildman–Crippen LogP) is 1.41. The molecule has 1 aliphatic rings. The van der Waals surface area contributed by atoms with Crippen molar-refractivity contribution in [1.82, 2.24) is 10.2 Å². The molecule has 1 aromatic carbocycles.